The summed E-state index contributed by atoms with van der Waals surface area (Å²) in [6, 6.07) is 2.21. The molecule has 1 aromatic rings. The molecule has 2 rings (SSSR count). The van der Waals surface area contributed by atoms with Gasteiger partial charge in [0.2, 0.25) is 0 Å². The fourth-order valence-corrected chi connectivity index (χ4v) is 5.17. The van der Waals surface area contributed by atoms with Crippen LogP contribution in [0.3, 0.4) is 0 Å². The highest BCUT2D eigenvalue weighted by Crippen LogP contribution is 2.33. The third kappa shape index (κ3) is 4.28. The maximum atomic E-state index is 12.7. The van der Waals surface area contributed by atoms with Gasteiger partial charge in [0.15, 0.2) is 0 Å². The molecule has 6 heteroatoms. The third-order valence-electron chi connectivity index (χ3n) is 4.01. The van der Waals surface area contributed by atoms with Crippen molar-refractivity contribution in [1.29, 1.82) is 0 Å². The number of thiophene rings is 1. The number of hydrogen-bond acceptors (Lipinski definition) is 4. The zero-order valence-corrected chi connectivity index (χ0v) is 15.0. The van der Waals surface area contributed by atoms with E-state index in [9.17, 15) is 8.42 Å². The molecule has 1 N–H and O–H groups in total. The molecule has 1 saturated heterocycles. The van der Waals surface area contributed by atoms with Crippen LogP contribution in [0.1, 0.15) is 46.1 Å². The molecule has 0 saturated carbocycles. The van der Waals surface area contributed by atoms with E-state index < -0.39 is 10.0 Å². The zero-order valence-electron chi connectivity index (χ0n) is 13.3. The van der Waals surface area contributed by atoms with Crippen LogP contribution in [-0.4, -0.2) is 31.9 Å². The average Bonchev–Trinajstić information content (AvgIpc) is 2.85. The minimum Gasteiger partial charge on any atom is -0.310 e. The van der Waals surface area contributed by atoms with Crippen LogP contribution >= 0.6 is 11.3 Å². The van der Waals surface area contributed by atoms with Crippen molar-refractivity contribution in [3.63, 3.8) is 0 Å². The number of piperidine rings is 1. The van der Waals surface area contributed by atoms with Crippen LogP contribution in [0.5, 0.6) is 0 Å². The highest BCUT2D eigenvalue weighted by atomic mass is 32.2. The van der Waals surface area contributed by atoms with Gasteiger partial charge in [0, 0.05) is 25.7 Å². The van der Waals surface area contributed by atoms with E-state index in [-0.39, 0.29) is 5.41 Å². The molecule has 0 aliphatic carbocycles. The Kier molecular flexibility index (Phi) is 5.13. The van der Waals surface area contributed by atoms with E-state index in [0.717, 1.165) is 24.9 Å². The van der Waals surface area contributed by atoms with E-state index in [0.29, 0.717) is 23.3 Å². The Balaban J connectivity index is 2.06. The molecule has 2 heterocycles. The number of nitrogens with zero attached hydrogens (tertiary/aromatic N) is 1. The highest BCUT2D eigenvalue weighted by molar-refractivity contribution is 7.91. The fourth-order valence-electron chi connectivity index (χ4n) is 2.36. The molecule has 0 unspecified atom stereocenters. The molecule has 120 valence electrons. The third-order valence-corrected chi connectivity index (χ3v) is 7.38. The van der Waals surface area contributed by atoms with Gasteiger partial charge in [-0.3, -0.25) is 0 Å². The molecule has 0 aromatic carbocycles. The topological polar surface area (TPSA) is 49.4 Å². The molecular formula is C15H26N2O2S2. The molecule has 1 aliphatic rings. The summed E-state index contributed by atoms with van der Waals surface area (Å²) in [5, 5.41) is 5.26. The summed E-state index contributed by atoms with van der Waals surface area (Å²) in [5.74, 6) is 0. The zero-order chi connectivity index (χ0) is 15.7. The molecule has 1 fully saturated rings. The summed E-state index contributed by atoms with van der Waals surface area (Å²) in [7, 11) is -3.31. The van der Waals surface area contributed by atoms with Crippen LogP contribution in [-0.2, 0) is 16.6 Å². The second kappa shape index (κ2) is 6.36. The highest BCUT2D eigenvalue weighted by Gasteiger charge is 2.33. The molecule has 0 atom stereocenters. The van der Waals surface area contributed by atoms with E-state index in [2.05, 4.69) is 33.0 Å². The van der Waals surface area contributed by atoms with Crippen molar-refractivity contribution >= 4 is 21.4 Å². The van der Waals surface area contributed by atoms with Gasteiger partial charge in [0.25, 0.3) is 10.0 Å². The van der Waals surface area contributed by atoms with Crippen molar-refractivity contribution in [1.82, 2.24) is 9.62 Å². The Bertz CT molecular complexity index is 566. The van der Waals surface area contributed by atoms with Crippen molar-refractivity contribution in [2.75, 3.05) is 13.1 Å². The Labute approximate surface area is 132 Å². The first-order valence-corrected chi connectivity index (χ1v) is 9.84. The lowest BCUT2D eigenvalue weighted by atomic mass is 9.83. The lowest BCUT2D eigenvalue weighted by Crippen LogP contribution is -2.40. The summed E-state index contributed by atoms with van der Waals surface area (Å²) in [6.45, 7) is 10.6. The van der Waals surface area contributed by atoms with Crippen LogP contribution in [0.4, 0.5) is 0 Å². The normalized spacial score (nSPS) is 20.0. The van der Waals surface area contributed by atoms with Crippen LogP contribution in [0.15, 0.2) is 15.7 Å². The Morgan fingerprint density at radius 1 is 1.33 bits per heavy atom. The van der Waals surface area contributed by atoms with Crippen LogP contribution in [0.2, 0.25) is 0 Å². The number of rotatable bonds is 5. The molecule has 0 spiro atoms. The monoisotopic (exact) mass is 330 g/mol. The standard InChI is InChI=1S/C15H26N2O2S2/c1-12(2)16-10-13-9-14(20-11-13)21(18,19)17-7-5-15(3,4)6-8-17/h9,11-12,16H,5-8,10H2,1-4H3. The van der Waals surface area contributed by atoms with Gasteiger partial charge in [-0.2, -0.15) is 4.31 Å². The van der Waals surface area contributed by atoms with Crippen molar-refractivity contribution in [3.8, 4) is 0 Å². The molecular weight excluding hydrogens is 304 g/mol. The second-order valence-electron chi connectivity index (χ2n) is 6.88. The quantitative estimate of drug-likeness (QED) is 0.903. The summed E-state index contributed by atoms with van der Waals surface area (Å²) < 4.78 is 27.4. The first-order chi connectivity index (χ1) is 9.71. The van der Waals surface area contributed by atoms with E-state index in [4.69, 9.17) is 0 Å². The molecule has 0 radical (unpaired) electrons. The summed E-state index contributed by atoms with van der Waals surface area (Å²) in [6.07, 6.45) is 1.86. The maximum Gasteiger partial charge on any atom is 0.252 e. The summed E-state index contributed by atoms with van der Waals surface area (Å²) >= 11 is 1.33. The molecule has 0 amide bonds. The molecule has 0 bridgehead atoms. The SMILES string of the molecule is CC(C)NCc1csc(S(=O)(=O)N2CCC(C)(C)CC2)c1. The van der Waals surface area contributed by atoms with E-state index in [1.165, 1.54) is 11.3 Å². The Morgan fingerprint density at radius 3 is 2.52 bits per heavy atom. The van der Waals surface area contributed by atoms with Gasteiger partial charge in [-0.1, -0.05) is 27.7 Å². The second-order valence-corrected chi connectivity index (χ2v) is 9.95. The van der Waals surface area contributed by atoms with Gasteiger partial charge in [0.1, 0.15) is 4.21 Å². The number of nitrogens with one attached hydrogen (secondary N) is 1. The van der Waals surface area contributed by atoms with Crippen LogP contribution in [0.25, 0.3) is 0 Å². The predicted molar refractivity (Wildman–Crippen MR) is 88.1 cm³/mol. The van der Waals surface area contributed by atoms with Gasteiger partial charge in [0.05, 0.1) is 0 Å². The van der Waals surface area contributed by atoms with Gasteiger partial charge in [-0.15, -0.1) is 11.3 Å². The first-order valence-electron chi connectivity index (χ1n) is 7.52. The lowest BCUT2D eigenvalue weighted by Gasteiger charge is -2.35. The summed E-state index contributed by atoms with van der Waals surface area (Å²) in [5.41, 5.74) is 1.30. The maximum absolute atomic E-state index is 12.7. The van der Waals surface area contributed by atoms with Gasteiger partial charge >= 0.3 is 0 Å². The molecule has 4 nitrogen and oxygen atoms in total. The van der Waals surface area contributed by atoms with Gasteiger partial charge in [-0.05, 0) is 35.3 Å². The van der Waals surface area contributed by atoms with Crippen molar-refractivity contribution in [2.45, 2.75) is 57.3 Å². The Morgan fingerprint density at radius 2 is 1.95 bits per heavy atom. The van der Waals surface area contributed by atoms with E-state index in [1.54, 1.807) is 4.31 Å². The first kappa shape index (κ1) is 16.9. The van der Waals surface area contributed by atoms with Crippen LogP contribution < -0.4 is 5.32 Å². The average molecular weight is 331 g/mol. The van der Waals surface area contributed by atoms with Crippen LogP contribution in [0, 0.1) is 5.41 Å². The summed E-state index contributed by atoms with van der Waals surface area (Å²) in [4.78, 5) is 0. The van der Waals surface area contributed by atoms with Gasteiger partial charge in [-0.25, -0.2) is 8.42 Å². The van der Waals surface area contributed by atoms with E-state index in [1.807, 2.05) is 11.4 Å². The minimum absolute atomic E-state index is 0.258. The van der Waals surface area contributed by atoms with Gasteiger partial charge < -0.3 is 5.32 Å². The van der Waals surface area contributed by atoms with Crippen molar-refractivity contribution < 1.29 is 8.42 Å². The molecule has 1 aromatic heterocycles. The Hall–Kier alpha value is -0.430. The molecule has 21 heavy (non-hydrogen) atoms. The fraction of sp³-hybridized carbons (Fsp3) is 0.733. The smallest absolute Gasteiger partial charge is 0.252 e. The molecule has 1 aliphatic heterocycles. The predicted octanol–water partition coefficient (Wildman–Crippen LogP) is 3.06. The van der Waals surface area contributed by atoms with E-state index >= 15 is 0 Å². The minimum atomic E-state index is -3.31. The lowest BCUT2D eigenvalue weighted by molar-refractivity contribution is 0.196. The largest absolute Gasteiger partial charge is 0.310 e. The number of sulfonamides is 1. The van der Waals surface area contributed by atoms with Crippen molar-refractivity contribution in [3.05, 3.63) is 17.0 Å². The van der Waals surface area contributed by atoms with Crippen molar-refractivity contribution in [2.24, 2.45) is 5.41 Å². The number of hydrogen-bond donors (Lipinski definition) is 1.